The molecule has 1 saturated carbocycles. The second-order valence-corrected chi connectivity index (χ2v) is 5.17. The van der Waals surface area contributed by atoms with Crippen molar-refractivity contribution in [1.82, 2.24) is 15.5 Å². The predicted octanol–water partition coefficient (Wildman–Crippen LogP) is 1.59. The third-order valence-electron chi connectivity index (χ3n) is 3.46. The number of halogens is 1. The number of nitrogens with one attached hydrogen (secondary N) is 1. The highest BCUT2D eigenvalue weighted by Crippen LogP contribution is 2.25. The summed E-state index contributed by atoms with van der Waals surface area (Å²) < 4.78 is 4.73. The zero-order valence-corrected chi connectivity index (χ0v) is 11.9. The number of carbonyl (C=O) groups excluding carboxylic acids is 2. The van der Waals surface area contributed by atoms with Crippen LogP contribution in [0.25, 0.3) is 0 Å². The smallest absolute Gasteiger partial charge is 0.308 e. The lowest BCUT2D eigenvalue weighted by molar-refractivity contribution is -0.146. The molecular weight excluding hydrogens is 282 g/mol. The van der Waals surface area contributed by atoms with Crippen LogP contribution < -0.4 is 5.32 Å². The Morgan fingerprint density at radius 3 is 2.50 bits per heavy atom. The van der Waals surface area contributed by atoms with Crippen LogP contribution in [0, 0.1) is 5.92 Å². The molecule has 0 bridgehead atoms. The highest BCUT2D eigenvalue weighted by atomic mass is 35.5. The average Bonchev–Trinajstić information content (AvgIpc) is 2.48. The van der Waals surface area contributed by atoms with E-state index >= 15 is 0 Å². The number of nitrogens with zero attached hydrogens (tertiary/aromatic N) is 2. The maximum Gasteiger partial charge on any atom is 0.308 e. The van der Waals surface area contributed by atoms with Gasteiger partial charge in [0.2, 0.25) is 0 Å². The van der Waals surface area contributed by atoms with Gasteiger partial charge < -0.3 is 10.1 Å². The molecule has 0 saturated heterocycles. The Kier molecular flexibility index (Phi) is 4.89. The number of hydrogen-bond acceptors (Lipinski definition) is 5. The van der Waals surface area contributed by atoms with E-state index in [4.69, 9.17) is 16.3 Å². The molecule has 0 aromatic carbocycles. The van der Waals surface area contributed by atoms with E-state index in [2.05, 4.69) is 15.5 Å². The van der Waals surface area contributed by atoms with Gasteiger partial charge >= 0.3 is 5.97 Å². The quantitative estimate of drug-likeness (QED) is 0.857. The summed E-state index contributed by atoms with van der Waals surface area (Å²) in [5, 5.41) is 10.5. The van der Waals surface area contributed by atoms with Crippen LogP contribution in [-0.4, -0.2) is 35.2 Å². The predicted molar refractivity (Wildman–Crippen MR) is 72.3 cm³/mol. The molecule has 108 valence electrons. The minimum absolute atomic E-state index is 0.0523. The maximum absolute atomic E-state index is 11.9. The van der Waals surface area contributed by atoms with Crippen LogP contribution in [0.5, 0.6) is 0 Å². The zero-order chi connectivity index (χ0) is 14.5. The van der Waals surface area contributed by atoms with E-state index in [0.29, 0.717) is 0 Å². The Labute approximate surface area is 121 Å². The van der Waals surface area contributed by atoms with Gasteiger partial charge in [-0.1, -0.05) is 11.6 Å². The van der Waals surface area contributed by atoms with Gasteiger partial charge in [0.1, 0.15) is 0 Å². The number of rotatable bonds is 3. The van der Waals surface area contributed by atoms with Crippen molar-refractivity contribution in [3.63, 3.8) is 0 Å². The van der Waals surface area contributed by atoms with Crippen molar-refractivity contribution in [1.29, 1.82) is 0 Å². The van der Waals surface area contributed by atoms with Gasteiger partial charge in [0.05, 0.1) is 13.0 Å². The molecule has 0 aliphatic heterocycles. The third-order valence-corrected chi connectivity index (χ3v) is 3.66. The van der Waals surface area contributed by atoms with Gasteiger partial charge in [-0.15, -0.1) is 10.2 Å². The lowest BCUT2D eigenvalue weighted by Crippen LogP contribution is -2.39. The van der Waals surface area contributed by atoms with Gasteiger partial charge in [0, 0.05) is 6.04 Å². The summed E-state index contributed by atoms with van der Waals surface area (Å²) in [6, 6.07) is 3.11. The molecule has 1 N–H and O–H groups in total. The van der Waals surface area contributed by atoms with E-state index in [1.54, 1.807) is 0 Å². The highest BCUT2D eigenvalue weighted by molar-refractivity contribution is 6.29. The summed E-state index contributed by atoms with van der Waals surface area (Å²) in [7, 11) is 1.40. The number of esters is 1. The first-order chi connectivity index (χ1) is 9.60. The molecule has 1 aliphatic rings. The molecule has 20 heavy (non-hydrogen) atoms. The molecule has 7 heteroatoms. The van der Waals surface area contributed by atoms with Gasteiger partial charge in [-0.3, -0.25) is 9.59 Å². The molecule has 0 spiro atoms. The average molecular weight is 298 g/mol. The van der Waals surface area contributed by atoms with Crippen LogP contribution in [0.15, 0.2) is 12.1 Å². The summed E-state index contributed by atoms with van der Waals surface area (Å²) in [4.78, 5) is 23.4. The van der Waals surface area contributed by atoms with E-state index < -0.39 is 0 Å². The molecule has 1 amide bonds. The zero-order valence-electron chi connectivity index (χ0n) is 11.1. The van der Waals surface area contributed by atoms with Crippen molar-refractivity contribution in [3.8, 4) is 0 Å². The van der Waals surface area contributed by atoms with Crippen molar-refractivity contribution in [3.05, 3.63) is 23.0 Å². The molecule has 1 aliphatic carbocycles. The van der Waals surface area contributed by atoms with E-state index in [1.807, 2.05) is 0 Å². The maximum atomic E-state index is 11.9. The fourth-order valence-corrected chi connectivity index (χ4v) is 2.44. The van der Waals surface area contributed by atoms with Crippen molar-refractivity contribution in [2.24, 2.45) is 5.92 Å². The Hall–Kier alpha value is -1.69. The van der Waals surface area contributed by atoms with Crippen LogP contribution in [0.1, 0.15) is 36.2 Å². The van der Waals surface area contributed by atoms with Crippen LogP contribution in [0.3, 0.4) is 0 Å². The van der Waals surface area contributed by atoms with Crippen LogP contribution >= 0.6 is 11.6 Å². The molecule has 1 aromatic rings. The van der Waals surface area contributed by atoms with Crippen LogP contribution in [0.2, 0.25) is 5.15 Å². The Balaban J connectivity index is 1.85. The Morgan fingerprint density at radius 1 is 1.25 bits per heavy atom. The van der Waals surface area contributed by atoms with Gasteiger partial charge in [-0.05, 0) is 37.8 Å². The first kappa shape index (κ1) is 14.7. The Bertz CT molecular complexity index is 484. The lowest BCUT2D eigenvalue weighted by atomic mass is 9.86. The minimum atomic E-state index is -0.268. The number of aromatic nitrogens is 2. The van der Waals surface area contributed by atoms with E-state index in [1.165, 1.54) is 19.2 Å². The van der Waals surface area contributed by atoms with Gasteiger partial charge in [0.25, 0.3) is 5.91 Å². The summed E-state index contributed by atoms with van der Waals surface area (Å²) >= 11 is 5.62. The van der Waals surface area contributed by atoms with Crippen molar-refractivity contribution < 1.29 is 14.3 Å². The second kappa shape index (κ2) is 6.65. The summed E-state index contributed by atoms with van der Waals surface area (Å²) in [6.45, 7) is 0. The standard InChI is InChI=1S/C13H16ClN3O3/c1-20-13(19)8-2-4-9(5-3-8)15-12(18)10-6-7-11(14)17-16-10/h6-9H,2-5H2,1H3,(H,15,18). The van der Waals surface area contributed by atoms with E-state index in [0.717, 1.165) is 25.7 Å². The third kappa shape index (κ3) is 3.66. The fraction of sp³-hybridized carbons (Fsp3) is 0.538. The molecule has 0 unspecified atom stereocenters. The summed E-state index contributed by atoms with van der Waals surface area (Å²) in [5.41, 5.74) is 0.240. The molecule has 0 radical (unpaired) electrons. The summed E-state index contributed by atoms with van der Waals surface area (Å²) in [5.74, 6) is -0.488. The van der Waals surface area contributed by atoms with Crippen LogP contribution in [-0.2, 0) is 9.53 Å². The molecule has 6 nitrogen and oxygen atoms in total. The normalized spacial score (nSPS) is 22.1. The van der Waals surface area contributed by atoms with Crippen molar-refractivity contribution in [2.75, 3.05) is 7.11 Å². The Morgan fingerprint density at radius 2 is 1.95 bits per heavy atom. The first-order valence-corrected chi connectivity index (χ1v) is 6.86. The van der Waals surface area contributed by atoms with Crippen LogP contribution in [0.4, 0.5) is 0 Å². The second-order valence-electron chi connectivity index (χ2n) is 4.79. The largest absolute Gasteiger partial charge is 0.469 e. The molecule has 0 atom stereocenters. The molecule has 2 rings (SSSR count). The number of amides is 1. The fourth-order valence-electron chi connectivity index (χ4n) is 2.34. The first-order valence-electron chi connectivity index (χ1n) is 6.48. The van der Waals surface area contributed by atoms with Crippen molar-refractivity contribution >= 4 is 23.5 Å². The van der Waals surface area contributed by atoms with Crippen molar-refractivity contribution in [2.45, 2.75) is 31.7 Å². The minimum Gasteiger partial charge on any atom is -0.469 e. The van der Waals surface area contributed by atoms with Gasteiger partial charge in [-0.25, -0.2) is 0 Å². The van der Waals surface area contributed by atoms with E-state index in [-0.39, 0.29) is 34.7 Å². The highest BCUT2D eigenvalue weighted by Gasteiger charge is 2.27. The summed E-state index contributed by atoms with van der Waals surface area (Å²) in [6.07, 6.45) is 2.97. The molecule has 1 aromatic heterocycles. The molecule has 1 heterocycles. The number of methoxy groups -OCH3 is 1. The molecular formula is C13H16ClN3O3. The number of carbonyl (C=O) groups is 2. The van der Waals surface area contributed by atoms with E-state index in [9.17, 15) is 9.59 Å². The molecule has 1 fully saturated rings. The topological polar surface area (TPSA) is 81.2 Å². The number of hydrogen-bond donors (Lipinski definition) is 1. The van der Waals surface area contributed by atoms with Gasteiger partial charge in [-0.2, -0.15) is 0 Å². The monoisotopic (exact) mass is 297 g/mol. The SMILES string of the molecule is COC(=O)C1CCC(NC(=O)c2ccc(Cl)nn2)CC1. The van der Waals surface area contributed by atoms with Gasteiger partial charge in [0.15, 0.2) is 10.8 Å². The number of ether oxygens (including phenoxy) is 1. The lowest BCUT2D eigenvalue weighted by Gasteiger charge is -2.27.